The molecular formula is C53H43NO. The third-order valence-electron chi connectivity index (χ3n) is 12.1. The van der Waals surface area contributed by atoms with Gasteiger partial charge in [-0.3, -0.25) is 4.99 Å². The van der Waals surface area contributed by atoms with E-state index < -0.39 is 0 Å². The van der Waals surface area contributed by atoms with Crippen molar-refractivity contribution in [3.05, 3.63) is 202 Å². The summed E-state index contributed by atoms with van der Waals surface area (Å²) in [6.07, 6.45) is 8.82. The van der Waals surface area contributed by atoms with Crippen LogP contribution in [0.1, 0.15) is 79.8 Å². The van der Waals surface area contributed by atoms with Gasteiger partial charge in [0, 0.05) is 27.5 Å². The Hall–Kier alpha value is -6.25. The molecule has 1 aliphatic heterocycles. The Morgan fingerprint density at radius 3 is 2.04 bits per heavy atom. The van der Waals surface area contributed by atoms with Gasteiger partial charge >= 0.3 is 0 Å². The van der Waals surface area contributed by atoms with Gasteiger partial charge in [0.15, 0.2) is 0 Å². The Kier molecular flexibility index (Phi) is 8.03. The number of hydrogen-bond acceptors (Lipinski definition) is 2. The van der Waals surface area contributed by atoms with Gasteiger partial charge in [0.2, 0.25) is 0 Å². The molecule has 0 bridgehead atoms. The number of rotatable bonds is 5. The molecule has 2 aliphatic carbocycles. The summed E-state index contributed by atoms with van der Waals surface area (Å²) in [6.45, 7) is 7.02. The van der Waals surface area contributed by atoms with E-state index >= 15 is 0 Å². The van der Waals surface area contributed by atoms with E-state index in [9.17, 15) is 0 Å². The number of hydrogen-bond donors (Lipinski definition) is 0. The highest BCUT2D eigenvalue weighted by Gasteiger charge is 2.39. The van der Waals surface area contributed by atoms with Crippen LogP contribution in [-0.2, 0) is 5.41 Å². The SMILES string of the molecule is CC1=C(c2ccccc2)N=C(c2ccccc2)CCC=C1c1cccc(-c2cccc3oc4ccc(C5=CCCC6=C5c5ccccc5C6(C)C)cc4c23)c1. The first-order valence-electron chi connectivity index (χ1n) is 19.7. The summed E-state index contributed by atoms with van der Waals surface area (Å²) in [5.74, 6) is 0. The van der Waals surface area contributed by atoms with Gasteiger partial charge in [0.1, 0.15) is 11.2 Å². The van der Waals surface area contributed by atoms with Crippen LogP contribution in [0, 0.1) is 0 Å². The molecule has 6 aromatic carbocycles. The van der Waals surface area contributed by atoms with Crippen molar-refractivity contribution in [3.63, 3.8) is 0 Å². The topological polar surface area (TPSA) is 25.5 Å². The molecule has 55 heavy (non-hydrogen) atoms. The van der Waals surface area contributed by atoms with Crippen LogP contribution in [-0.4, -0.2) is 5.71 Å². The molecule has 2 heteroatoms. The molecular weight excluding hydrogens is 667 g/mol. The second-order valence-corrected chi connectivity index (χ2v) is 15.7. The summed E-state index contributed by atoms with van der Waals surface area (Å²) < 4.78 is 6.57. The molecule has 7 aromatic rings. The fraction of sp³-hybridized carbons (Fsp3) is 0.151. The summed E-state index contributed by atoms with van der Waals surface area (Å²) in [5.41, 5.74) is 20.7. The lowest BCUT2D eigenvalue weighted by Gasteiger charge is -2.27. The summed E-state index contributed by atoms with van der Waals surface area (Å²) in [4.78, 5) is 5.40. The normalized spacial score (nSPS) is 16.7. The summed E-state index contributed by atoms with van der Waals surface area (Å²) in [6, 6.07) is 52.6. The molecule has 2 nitrogen and oxygen atoms in total. The number of aliphatic imine (C=N–C) groups is 1. The van der Waals surface area contributed by atoms with E-state index in [4.69, 9.17) is 9.41 Å². The van der Waals surface area contributed by atoms with E-state index in [-0.39, 0.29) is 5.41 Å². The van der Waals surface area contributed by atoms with Gasteiger partial charge in [-0.1, -0.05) is 153 Å². The molecule has 0 radical (unpaired) electrons. The van der Waals surface area contributed by atoms with E-state index in [2.05, 4.69) is 179 Å². The van der Waals surface area contributed by atoms with Gasteiger partial charge in [0.25, 0.3) is 0 Å². The maximum Gasteiger partial charge on any atom is 0.136 e. The zero-order chi connectivity index (χ0) is 37.1. The molecule has 0 saturated heterocycles. The van der Waals surface area contributed by atoms with Crippen LogP contribution in [0.3, 0.4) is 0 Å². The van der Waals surface area contributed by atoms with Gasteiger partial charge in [-0.15, -0.1) is 0 Å². The molecule has 2 heterocycles. The van der Waals surface area contributed by atoms with Gasteiger partial charge < -0.3 is 4.42 Å². The molecule has 0 unspecified atom stereocenters. The van der Waals surface area contributed by atoms with Gasteiger partial charge in [-0.05, 0) is 118 Å². The fourth-order valence-electron chi connectivity index (χ4n) is 9.40. The maximum atomic E-state index is 6.57. The summed E-state index contributed by atoms with van der Waals surface area (Å²) >= 11 is 0. The second kappa shape index (κ2) is 13.2. The Morgan fingerprint density at radius 2 is 1.20 bits per heavy atom. The van der Waals surface area contributed by atoms with Crippen LogP contribution in [0.5, 0.6) is 0 Å². The van der Waals surface area contributed by atoms with E-state index in [1.165, 1.54) is 61.2 Å². The lowest BCUT2D eigenvalue weighted by atomic mass is 9.77. The monoisotopic (exact) mass is 709 g/mol. The van der Waals surface area contributed by atoms with Crippen molar-refractivity contribution in [2.75, 3.05) is 0 Å². The van der Waals surface area contributed by atoms with Crippen molar-refractivity contribution in [3.8, 4) is 11.1 Å². The Labute approximate surface area is 323 Å². The largest absolute Gasteiger partial charge is 0.456 e. The van der Waals surface area contributed by atoms with Gasteiger partial charge in [0.05, 0.1) is 5.70 Å². The minimum Gasteiger partial charge on any atom is -0.456 e. The first-order chi connectivity index (χ1) is 27.0. The van der Waals surface area contributed by atoms with E-state index in [0.29, 0.717) is 0 Å². The second-order valence-electron chi connectivity index (χ2n) is 15.7. The number of furan rings is 1. The standard InChI is InChI=1S/C53H43NO/c1-34-40(23-14-28-47(35-16-6-4-7-17-35)54-52(34)36-18-8-5-9-19-36)37-20-12-21-38(32-37)42-25-15-29-49-51(42)44-33-39(30-31-48(44)55-49)41-24-13-27-46-50(41)43-22-10-11-26-45(43)53(46,2)3/h4-12,15-26,29-33H,13-14,27-28H2,1-3H3. The summed E-state index contributed by atoms with van der Waals surface area (Å²) in [7, 11) is 0. The number of benzene rings is 6. The highest BCUT2D eigenvalue weighted by atomic mass is 16.3. The molecule has 0 fully saturated rings. The molecule has 1 aromatic heterocycles. The molecule has 0 spiro atoms. The quantitative estimate of drug-likeness (QED) is 0.175. The number of allylic oxidation sites excluding steroid dienone is 7. The van der Waals surface area contributed by atoms with Crippen molar-refractivity contribution in [2.45, 2.75) is 51.9 Å². The summed E-state index contributed by atoms with van der Waals surface area (Å²) in [5, 5.41) is 2.32. The Balaban J connectivity index is 1.09. The first kappa shape index (κ1) is 33.3. The van der Waals surface area contributed by atoms with Crippen molar-refractivity contribution in [1.82, 2.24) is 0 Å². The number of fused-ring (bicyclic) bond motifs is 5. The van der Waals surface area contributed by atoms with Crippen molar-refractivity contribution < 1.29 is 4.42 Å². The first-order valence-corrected chi connectivity index (χ1v) is 19.7. The van der Waals surface area contributed by atoms with E-state index in [1.807, 2.05) is 0 Å². The van der Waals surface area contributed by atoms with Crippen LogP contribution in [0.25, 0.3) is 55.5 Å². The Bertz CT molecular complexity index is 2820. The van der Waals surface area contributed by atoms with Crippen molar-refractivity contribution in [2.24, 2.45) is 4.99 Å². The lowest BCUT2D eigenvalue weighted by Crippen LogP contribution is -2.17. The minimum atomic E-state index is 0.0356. The molecule has 266 valence electrons. The van der Waals surface area contributed by atoms with E-state index in [0.717, 1.165) is 64.6 Å². The molecule has 0 atom stereocenters. The zero-order valence-electron chi connectivity index (χ0n) is 31.7. The van der Waals surface area contributed by atoms with Crippen LogP contribution in [0.4, 0.5) is 0 Å². The average molecular weight is 710 g/mol. The maximum absolute atomic E-state index is 6.57. The van der Waals surface area contributed by atoms with Crippen molar-refractivity contribution >= 4 is 50.1 Å². The fourth-order valence-corrected chi connectivity index (χ4v) is 9.40. The van der Waals surface area contributed by atoms with Crippen molar-refractivity contribution in [1.29, 1.82) is 0 Å². The van der Waals surface area contributed by atoms with Crippen LogP contribution in [0.15, 0.2) is 178 Å². The number of nitrogens with zero attached hydrogens (tertiary/aromatic N) is 1. The minimum absolute atomic E-state index is 0.0356. The molecule has 0 amide bonds. The third-order valence-corrected chi connectivity index (χ3v) is 12.1. The zero-order valence-corrected chi connectivity index (χ0v) is 31.7. The molecule has 3 aliphatic rings. The molecule has 0 saturated carbocycles. The smallest absolute Gasteiger partial charge is 0.136 e. The Morgan fingerprint density at radius 1 is 0.545 bits per heavy atom. The predicted molar refractivity (Wildman–Crippen MR) is 232 cm³/mol. The highest BCUT2D eigenvalue weighted by molar-refractivity contribution is 6.16. The molecule has 0 N–H and O–H groups in total. The molecule has 10 rings (SSSR count). The predicted octanol–water partition coefficient (Wildman–Crippen LogP) is 14.3. The van der Waals surface area contributed by atoms with Crippen LogP contribution < -0.4 is 0 Å². The lowest BCUT2D eigenvalue weighted by molar-refractivity contribution is 0.608. The van der Waals surface area contributed by atoms with Gasteiger partial charge in [-0.2, -0.15) is 0 Å². The average Bonchev–Trinajstić information content (AvgIpc) is 3.72. The van der Waals surface area contributed by atoms with Crippen LogP contribution in [0.2, 0.25) is 0 Å². The van der Waals surface area contributed by atoms with E-state index in [1.54, 1.807) is 5.57 Å². The third kappa shape index (κ3) is 5.59. The highest BCUT2D eigenvalue weighted by Crippen LogP contribution is 2.54. The van der Waals surface area contributed by atoms with Gasteiger partial charge in [-0.25, -0.2) is 0 Å². The van der Waals surface area contributed by atoms with Crippen LogP contribution >= 0.6 is 0 Å².